The van der Waals surface area contributed by atoms with Crippen LogP contribution in [0, 0.1) is 5.92 Å². The zero-order valence-electron chi connectivity index (χ0n) is 70.3. The van der Waals surface area contributed by atoms with Gasteiger partial charge in [0, 0.05) is 25.7 Å². The van der Waals surface area contributed by atoms with Crippen molar-refractivity contribution >= 4 is 39.5 Å². The van der Waals surface area contributed by atoms with E-state index in [1.807, 2.05) is 0 Å². The summed E-state index contributed by atoms with van der Waals surface area (Å²) in [5.74, 6) is -1.30. The Morgan fingerprint density at radius 2 is 0.430 bits per heavy atom. The number of carbonyl (C=O) groups excluding carboxylic acids is 4. The van der Waals surface area contributed by atoms with Crippen molar-refractivity contribution in [3.63, 3.8) is 0 Å². The number of carbonyl (C=O) groups is 4. The highest BCUT2D eigenvalue weighted by Gasteiger charge is 2.30. The maximum atomic E-state index is 13.1. The molecule has 0 radical (unpaired) electrons. The number of esters is 4. The van der Waals surface area contributed by atoms with Crippen molar-refractivity contribution in [3.05, 3.63) is 0 Å². The summed E-state index contributed by atoms with van der Waals surface area (Å²) in [6, 6.07) is 0. The Bertz CT molecular complexity index is 2030. The van der Waals surface area contributed by atoms with Crippen molar-refractivity contribution in [1.82, 2.24) is 0 Å². The molecule has 0 aromatic rings. The van der Waals surface area contributed by atoms with Crippen LogP contribution in [0.15, 0.2) is 0 Å². The van der Waals surface area contributed by atoms with Crippen LogP contribution < -0.4 is 0 Å². The van der Waals surface area contributed by atoms with E-state index in [2.05, 4.69) is 34.6 Å². The molecule has 0 aliphatic heterocycles. The molecule has 19 heteroatoms. The molecular formula is C88H172O17P2. The fourth-order valence-electron chi connectivity index (χ4n) is 13.8. The number of unbranched alkanes of at least 4 members (excludes halogenated alkanes) is 60. The topological polar surface area (TPSA) is 237 Å². The standard InChI is InChI=1S/C88H172O17P2/c1-6-9-12-15-18-20-22-24-26-28-30-32-33-35-37-41-45-49-53-58-63-68-74-88(93)105-84(78-99-86(91)72-67-62-57-52-48-44-40-36-34-31-29-27-25-23-21-19-16-13-10-7-2)80-103-107(96,97)101-76-82(89)75-100-106(94,95)102-79-83(77-98-85(90)71-66-61-55-17-14-11-8-3)104-87(92)73-69-64-59-54-50-46-42-38-39-43-47-51-56-60-65-70-81(4)5/h81-84,89H,6-80H2,1-5H3,(H,94,95)(H,96,97)/t82-,83+,84+/m0/s1. The van der Waals surface area contributed by atoms with Crippen LogP contribution in [-0.4, -0.2) is 96.7 Å². The average molecular weight is 1560 g/mol. The predicted molar refractivity (Wildman–Crippen MR) is 442 cm³/mol. The Morgan fingerprint density at radius 1 is 0.252 bits per heavy atom. The molecule has 0 saturated heterocycles. The van der Waals surface area contributed by atoms with Crippen LogP contribution in [0.2, 0.25) is 0 Å². The lowest BCUT2D eigenvalue weighted by Gasteiger charge is -2.21. The largest absolute Gasteiger partial charge is 0.472 e. The van der Waals surface area contributed by atoms with Crippen molar-refractivity contribution < 1.29 is 80.2 Å². The zero-order valence-corrected chi connectivity index (χ0v) is 72.1. The molecule has 0 heterocycles. The molecule has 0 aliphatic rings. The fourth-order valence-corrected chi connectivity index (χ4v) is 15.4. The molecule has 0 amide bonds. The van der Waals surface area contributed by atoms with Gasteiger partial charge in [-0.05, 0) is 31.6 Å². The minimum atomic E-state index is -4.97. The molecule has 636 valence electrons. The van der Waals surface area contributed by atoms with Gasteiger partial charge in [-0.25, -0.2) is 9.13 Å². The lowest BCUT2D eigenvalue weighted by Crippen LogP contribution is -2.30. The molecule has 0 rings (SSSR count). The Labute approximate surface area is 658 Å². The minimum Gasteiger partial charge on any atom is -0.462 e. The highest BCUT2D eigenvalue weighted by Crippen LogP contribution is 2.45. The first-order chi connectivity index (χ1) is 52.0. The maximum absolute atomic E-state index is 13.1. The molecule has 0 aliphatic carbocycles. The third-order valence-corrected chi connectivity index (χ3v) is 22.7. The lowest BCUT2D eigenvalue weighted by atomic mass is 10.0. The van der Waals surface area contributed by atoms with Gasteiger partial charge in [-0.15, -0.1) is 0 Å². The third-order valence-electron chi connectivity index (χ3n) is 20.8. The van der Waals surface area contributed by atoms with Gasteiger partial charge < -0.3 is 33.8 Å². The molecule has 0 saturated carbocycles. The summed E-state index contributed by atoms with van der Waals surface area (Å²) in [4.78, 5) is 73.1. The van der Waals surface area contributed by atoms with Gasteiger partial charge in [-0.3, -0.25) is 37.3 Å². The molecule has 0 aromatic heterocycles. The molecule has 0 spiro atoms. The maximum Gasteiger partial charge on any atom is 0.472 e. The van der Waals surface area contributed by atoms with Crippen molar-refractivity contribution in [1.29, 1.82) is 0 Å². The molecule has 0 bridgehead atoms. The molecule has 3 N–H and O–H groups in total. The smallest absolute Gasteiger partial charge is 0.462 e. The van der Waals surface area contributed by atoms with Gasteiger partial charge in [0.05, 0.1) is 26.4 Å². The number of phosphoric ester groups is 2. The quantitative estimate of drug-likeness (QED) is 0.0222. The number of hydrogen-bond donors (Lipinski definition) is 3. The summed E-state index contributed by atoms with van der Waals surface area (Å²) in [5, 5.41) is 10.7. The molecule has 5 atom stereocenters. The van der Waals surface area contributed by atoms with Crippen LogP contribution in [0.3, 0.4) is 0 Å². The van der Waals surface area contributed by atoms with Crippen LogP contribution in [0.4, 0.5) is 0 Å². The van der Waals surface area contributed by atoms with Crippen molar-refractivity contribution in [2.75, 3.05) is 39.6 Å². The van der Waals surface area contributed by atoms with Crippen LogP contribution in [0.1, 0.15) is 478 Å². The Morgan fingerprint density at radius 3 is 0.636 bits per heavy atom. The molecule has 0 aromatic carbocycles. The van der Waals surface area contributed by atoms with Gasteiger partial charge in [0.15, 0.2) is 12.2 Å². The number of aliphatic hydroxyl groups excluding tert-OH is 1. The zero-order chi connectivity index (χ0) is 78.3. The molecular weight excluding hydrogens is 1390 g/mol. The normalized spacial score (nSPS) is 13.7. The minimum absolute atomic E-state index is 0.108. The molecule has 107 heavy (non-hydrogen) atoms. The van der Waals surface area contributed by atoms with Crippen molar-refractivity contribution in [2.45, 2.75) is 496 Å². The first-order valence-corrected chi connectivity index (χ1v) is 48.6. The van der Waals surface area contributed by atoms with Gasteiger partial charge in [0.25, 0.3) is 0 Å². The van der Waals surface area contributed by atoms with Gasteiger partial charge in [-0.1, -0.05) is 426 Å². The summed E-state index contributed by atoms with van der Waals surface area (Å²) in [6.07, 6.45) is 75.4. The monoisotopic (exact) mass is 1560 g/mol. The summed E-state index contributed by atoms with van der Waals surface area (Å²) in [5.41, 5.74) is 0. The highest BCUT2D eigenvalue weighted by molar-refractivity contribution is 7.47. The van der Waals surface area contributed by atoms with E-state index in [-0.39, 0.29) is 25.7 Å². The van der Waals surface area contributed by atoms with E-state index in [4.69, 9.17) is 37.0 Å². The lowest BCUT2D eigenvalue weighted by molar-refractivity contribution is -0.161. The summed E-state index contributed by atoms with van der Waals surface area (Å²) >= 11 is 0. The van der Waals surface area contributed by atoms with E-state index in [0.29, 0.717) is 25.7 Å². The Balaban J connectivity index is 5.15. The van der Waals surface area contributed by atoms with E-state index in [0.717, 1.165) is 109 Å². The van der Waals surface area contributed by atoms with Crippen molar-refractivity contribution in [2.24, 2.45) is 5.92 Å². The summed E-state index contributed by atoms with van der Waals surface area (Å²) < 4.78 is 68.8. The van der Waals surface area contributed by atoms with Crippen molar-refractivity contribution in [3.8, 4) is 0 Å². The second-order valence-corrected chi connectivity index (χ2v) is 35.0. The number of aliphatic hydroxyl groups is 1. The van der Waals surface area contributed by atoms with Crippen LogP contribution in [-0.2, 0) is 65.4 Å². The van der Waals surface area contributed by atoms with Crippen LogP contribution >= 0.6 is 15.6 Å². The van der Waals surface area contributed by atoms with Crippen LogP contribution in [0.5, 0.6) is 0 Å². The summed E-state index contributed by atoms with van der Waals surface area (Å²) in [6.45, 7) is 7.35. The SMILES string of the molecule is CCCCCCCCCCCCCCCCCCCCCCCCC(=O)O[C@H](COC(=O)CCCCCCCCCCCCCCCCCCCCCC)COP(=O)(O)OC[C@@H](O)COP(=O)(O)OC[C@@H](COC(=O)CCCCCCCCC)OC(=O)CCCCCCCCCCCCCCCCCC(C)C. The van der Waals surface area contributed by atoms with Gasteiger partial charge >= 0.3 is 39.5 Å². The molecule has 2 unspecified atom stereocenters. The first-order valence-electron chi connectivity index (χ1n) is 45.6. The number of phosphoric acid groups is 2. The van der Waals surface area contributed by atoms with E-state index in [1.165, 1.54) is 289 Å². The second-order valence-electron chi connectivity index (χ2n) is 32.1. The summed E-state index contributed by atoms with van der Waals surface area (Å²) in [7, 11) is -9.92. The number of hydrogen-bond acceptors (Lipinski definition) is 15. The first kappa shape index (κ1) is 105. The van der Waals surface area contributed by atoms with Crippen LogP contribution in [0.25, 0.3) is 0 Å². The molecule has 17 nitrogen and oxygen atoms in total. The van der Waals surface area contributed by atoms with Gasteiger partial charge in [0.2, 0.25) is 0 Å². The molecule has 0 fully saturated rings. The Hall–Kier alpha value is -1.94. The number of rotatable bonds is 88. The average Bonchev–Trinajstić information content (AvgIpc) is 0.914. The van der Waals surface area contributed by atoms with E-state index in [1.54, 1.807) is 0 Å². The van der Waals surface area contributed by atoms with Gasteiger partial charge in [0.1, 0.15) is 19.3 Å². The second kappa shape index (κ2) is 80.7. The van der Waals surface area contributed by atoms with E-state index >= 15 is 0 Å². The van der Waals surface area contributed by atoms with E-state index in [9.17, 15) is 43.2 Å². The van der Waals surface area contributed by atoms with Gasteiger partial charge in [-0.2, -0.15) is 0 Å². The fraction of sp³-hybridized carbons (Fsp3) is 0.955. The number of ether oxygens (including phenoxy) is 4. The predicted octanol–water partition coefficient (Wildman–Crippen LogP) is 27.2. The van der Waals surface area contributed by atoms with E-state index < -0.39 is 97.5 Å². The highest BCUT2D eigenvalue weighted by atomic mass is 31.2. The third kappa shape index (κ3) is 81.9. The Kier molecular flexibility index (Phi) is 79.2.